The zero-order valence-electron chi connectivity index (χ0n) is 18.0. The number of amides is 1. The Morgan fingerprint density at radius 2 is 1.84 bits per heavy atom. The van der Waals surface area contributed by atoms with Crippen LogP contribution in [0.4, 0.5) is 5.69 Å². The van der Waals surface area contributed by atoms with E-state index >= 15 is 0 Å². The normalized spacial score (nSPS) is 10.0. The number of anilines is 1. The Bertz CT molecular complexity index is 974. The van der Waals surface area contributed by atoms with E-state index in [9.17, 15) is 9.59 Å². The second-order valence-electron chi connectivity index (χ2n) is 6.84. The minimum atomic E-state index is -0.664. The van der Waals surface area contributed by atoms with E-state index in [-0.39, 0.29) is 18.5 Å². The second kappa shape index (κ2) is 11.4. The van der Waals surface area contributed by atoms with Crippen LogP contribution in [0.2, 0.25) is 0 Å². The van der Waals surface area contributed by atoms with Gasteiger partial charge in [-0.2, -0.15) is 5.26 Å². The first kappa shape index (κ1) is 23.5. The highest BCUT2D eigenvalue weighted by Gasteiger charge is 2.19. The Hall–Kier alpha value is -3.79. The van der Waals surface area contributed by atoms with Gasteiger partial charge in [0.2, 0.25) is 0 Å². The van der Waals surface area contributed by atoms with Gasteiger partial charge in [-0.25, -0.2) is 4.79 Å². The Morgan fingerprint density at radius 1 is 1.13 bits per heavy atom. The van der Waals surface area contributed by atoms with E-state index in [1.165, 1.54) is 24.1 Å². The van der Waals surface area contributed by atoms with E-state index in [4.69, 9.17) is 19.5 Å². The molecule has 7 nitrogen and oxygen atoms in total. The summed E-state index contributed by atoms with van der Waals surface area (Å²) in [6, 6.07) is 12.4. The summed E-state index contributed by atoms with van der Waals surface area (Å²) < 4.78 is 15.9. The summed E-state index contributed by atoms with van der Waals surface area (Å²) in [5, 5.41) is 8.94. The molecule has 31 heavy (non-hydrogen) atoms. The second-order valence-corrected chi connectivity index (χ2v) is 6.84. The average Bonchev–Trinajstić information content (AvgIpc) is 2.75. The molecule has 2 aromatic rings. The Kier molecular flexibility index (Phi) is 8.64. The monoisotopic (exact) mass is 422 g/mol. The lowest BCUT2D eigenvalue weighted by atomic mass is 10.1. The molecule has 0 saturated heterocycles. The molecule has 0 heterocycles. The zero-order chi connectivity index (χ0) is 22.8. The van der Waals surface area contributed by atoms with Gasteiger partial charge in [0.15, 0.2) is 18.1 Å². The summed E-state index contributed by atoms with van der Waals surface area (Å²) in [5.74, 6) is -0.241. The van der Waals surface area contributed by atoms with Gasteiger partial charge in [0.05, 0.1) is 25.2 Å². The number of rotatable bonds is 10. The molecule has 0 saturated carbocycles. The van der Waals surface area contributed by atoms with E-state index in [0.29, 0.717) is 23.8 Å². The molecule has 7 heteroatoms. The van der Waals surface area contributed by atoms with Crippen molar-refractivity contribution in [2.24, 2.45) is 0 Å². The van der Waals surface area contributed by atoms with Crippen molar-refractivity contribution in [2.45, 2.75) is 20.3 Å². The molecule has 0 spiro atoms. The third-order valence-corrected chi connectivity index (χ3v) is 4.35. The maximum Gasteiger partial charge on any atom is 0.338 e. The summed E-state index contributed by atoms with van der Waals surface area (Å²) in [5.41, 5.74) is 2.88. The summed E-state index contributed by atoms with van der Waals surface area (Å²) in [7, 11) is 1.46. The van der Waals surface area contributed by atoms with Crippen molar-refractivity contribution in [3.8, 4) is 17.6 Å². The fourth-order valence-corrected chi connectivity index (χ4v) is 3.02. The number of hydrogen-bond acceptors (Lipinski definition) is 6. The first-order chi connectivity index (χ1) is 14.9. The maximum atomic E-state index is 12.8. The molecule has 0 N–H and O–H groups in total. The van der Waals surface area contributed by atoms with Gasteiger partial charge in [0.1, 0.15) is 6.61 Å². The summed E-state index contributed by atoms with van der Waals surface area (Å²) in [4.78, 5) is 26.7. The van der Waals surface area contributed by atoms with Crippen molar-refractivity contribution in [2.75, 3.05) is 31.8 Å². The number of carbonyl (C=O) groups is 2. The number of nitriles is 1. The van der Waals surface area contributed by atoms with Gasteiger partial charge in [0.25, 0.3) is 5.91 Å². The minimum Gasteiger partial charge on any atom is -0.493 e. The van der Waals surface area contributed by atoms with Gasteiger partial charge in [-0.3, -0.25) is 4.79 Å². The number of esters is 1. The number of hydrogen-bond donors (Lipinski definition) is 0. The lowest BCUT2D eigenvalue weighted by Crippen LogP contribution is -2.35. The maximum absolute atomic E-state index is 12.8. The predicted octanol–water partition coefficient (Wildman–Crippen LogP) is 3.98. The summed E-state index contributed by atoms with van der Waals surface area (Å²) >= 11 is 0. The lowest BCUT2D eigenvalue weighted by molar-refractivity contribution is -0.121. The van der Waals surface area contributed by atoms with Gasteiger partial charge in [0, 0.05) is 12.2 Å². The highest BCUT2D eigenvalue weighted by molar-refractivity contribution is 5.97. The lowest BCUT2D eigenvalue weighted by Gasteiger charge is -2.22. The highest BCUT2D eigenvalue weighted by Crippen LogP contribution is 2.28. The molecule has 0 aliphatic carbocycles. The number of aryl methyl sites for hydroxylation is 2. The number of carbonyl (C=O) groups excluding carboxylic acids is 2. The fourth-order valence-electron chi connectivity index (χ4n) is 3.02. The van der Waals surface area contributed by atoms with Gasteiger partial charge in [-0.05, 0) is 55.3 Å². The summed E-state index contributed by atoms with van der Waals surface area (Å²) in [6.45, 7) is 7.50. The van der Waals surface area contributed by atoms with Crippen LogP contribution < -0.4 is 14.4 Å². The molecule has 0 atom stereocenters. The molecular formula is C24H26N2O5. The first-order valence-corrected chi connectivity index (χ1v) is 9.74. The van der Waals surface area contributed by atoms with Crippen molar-refractivity contribution >= 4 is 17.6 Å². The predicted molar refractivity (Wildman–Crippen MR) is 117 cm³/mol. The summed E-state index contributed by atoms with van der Waals surface area (Å²) in [6.07, 6.45) is 1.76. The van der Waals surface area contributed by atoms with Gasteiger partial charge in [-0.1, -0.05) is 18.7 Å². The van der Waals surface area contributed by atoms with Crippen molar-refractivity contribution in [3.63, 3.8) is 0 Å². The standard InChI is InChI=1S/C24H26N2O5/c1-5-11-30-21-8-7-19(15-22(21)29-4)24(28)31-16-23(27)26(10-6-9-25)20-13-17(2)12-18(3)14-20/h5,7-8,12-15H,1,6,10-11,16H2,2-4H3. The van der Waals surface area contributed by atoms with E-state index in [1.807, 2.05) is 38.1 Å². The van der Waals surface area contributed by atoms with Crippen LogP contribution in [0.25, 0.3) is 0 Å². The van der Waals surface area contributed by atoms with Gasteiger partial charge in [-0.15, -0.1) is 0 Å². The molecule has 162 valence electrons. The molecule has 2 aromatic carbocycles. The van der Waals surface area contributed by atoms with Gasteiger partial charge >= 0.3 is 5.97 Å². The molecule has 2 rings (SSSR count). The van der Waals surface area contributed by atoms with Crippen LogP contribution in [0, 0.1) is 25.2 Å². The molecular weight excluding hydrogens is 396 g/mol. The van der Waals surface area contributed by atoms with Crippen LogP contribution in [0.5, 0.6) is 11.5 Å². The molecule has 1 amide bonds. The van der Waals surface area contributed by atoms with Gasteiger partial charge < -0.3 is 19.1 Å². The molecule has 0 aliphatic heterocycles. The van der Waals surface area contributed by atoms with Crippen LogP contribution in [0.15, 0.2) is 49.1 Å². The fraction of sp³-hybridized carbons (Fsp3) is 0.292. The van der Waals surface area contributed by atoms with Crippen LogP contribution in [0.1, 0.15) is 27.9 Å². The van der Waals surface area contributed by atoms with Crippen molar-refractivity contribution in [1.29, 1.82) is 5.26 Å². The van der Waals surface area contributed by atoms with Crippen molar-refractivity contribution < 1.29 is 23.8 Å². The molecule has 0 fully saturated rings. The van der Waals surface area contributed by atoms with Crippen molar-refractivity contribution in [1.82, 2.24) is 0 Å². The third-order valence-electron chi connectivity index (χ3n) is 4.35. The SMILES string of the molecule is C=CCOc1ccc(C(=O)OCC(=O)N(CCC#N)c2cc(C)cc(C)c2)cc1OC. The first-order valence-electron chi connectivity index (χ1n) is 9.74. The molecule has 0 bridgehead atoms. The van der Waals surface area contributed by atoms with Crippen LogP contribution in [-0.2, 0) is 9.53 Å². The number of ether oxygens (including phenoxy) is 3. The molecule has 0 aliphatic rings. The number of nitrogens with zero attached hydrogens (tertiary/aromatic N) is 2. The Balaban J connectivity index is 2.11. The van der Waals surface area contributed by atoms with E-state index < -0.39 is 18.5 Å². The molecule has 0 radical (unpaired) electrons. The quantitative estimate of drug-likeness (QED) is 0.425. The minimum absolute atomic E-state index is 0.163. The van der Waals surface area contributed by atoms with E-state index in [0.717, 1.165) is 11.1 Å². The van der Waals surface area contributed by atoms with Crippen LogP contribution >= 0.6 is 0 Å². The zero-order valence-corrected chi connectivity index (χ0v) is 18.0. The van der Waals surface area contributed by atoms with E-state index in [1.54, 1.807) is 12.1 Å². The largest absolute Gasteiger partial charge is 0.493 e. The average molecular weight is 422 g/mol. The highest BCUT2D eigenvalue weighted by atomic mass is 16.5. The molecule has 0 unspecified atom stereocenters. The Labute approximate surface area is 182 Å². The third kappa shape index (κ3) is 6.61. The smallest absolute Gasteiger partial charge is 0.338 e. The topological polar surface area (TPSA) is 88.9 Å². The van der Waals surface area contributed by atoms with E-state index in [2.05, 4.69) is 6.58 Å². The number of benzene rings is 2. The molecule has 0 aromatic heterocycles. The van der Waals surface area contributed by atoms with Crippen LogP contribution in [-0.4, -0.2) is 38.7 Å². The number of methoxy groups -OCH3 is 1. The van der Waals surface area contributed by atoms with Crippen molar-refractivity contribution in [3.05, 3.63) is 65.7 Å². The van der Waals surface area contributed by atoms with Crippen LogP contribution in [0.3, 0.4) is 0 Å². The Morgan fingerprint density at radius 3 is 2.45 bits per heavy atom.